The molecule has 0 saturated carbocycles. The number of aliphatic carboxylic acids is 1. The van der Waals surface area contributed by atoms with Crippen molar-refractivity contribution in [3.63, 3.8) is 0 Å². The van der Waals surface area contributed by atoms with Gasteiger partial charge in [-0.3, -0.25) is 4.79 Å². The van der Waals surface area contributed by atoms with E-state index in [0.29, 0.717) is 12.8 Å². The van der Waals surface area contributed by atoms with E-state index in [9.17, 15) is 14.7 Å². The highest BCUT2D eigenvalue weighted by atomic mass is 16.6. The molecule has 1 aliphatic rings. The van der Waals surface area contributed by atoms with E-state index < -0.39 is 23.3 Å². The van der Waals surface area contributed by atoms with Gasteiger partial charge in [0.2, 0.25) is 0 Å². The fourth-order valence-corrected chi connectivity index (χ4v) is 2.18. The molecule has 1 rings (SSSR count). The Labute approximate surface area is 113 Å². The molecule has 1 aliphatic heterocycles. The van der Waals surface area contributed by atoms with E-state index in [-0.39, 0.29) is 19.0 Å². The van der Waals surface area contributed by atoms with Crippen molar-refractivity contribution in [1.29, 1.82) is 0 Å². The van der Waals surface area contributed by atoms with Crippen LogP contribution in [0.4, 0.5) is 4.79 Å². The molecule has 6 heteroatoms. The van der Waals surface area contributed by atoms with E-state index in [1.54, 1.807) is 20.8 Å². The maximum absolute atomic E-state index is 12.0. The lowest BCUT2D eigenvalue weighted by molar-refractivity contribution is -0.145. The third kappa shape index (κ3) is 4.70. The lowest BCUT2D eigenvalue weighted by Gasteiger charge is -2.42. The number of nitrogens with zero attached hydrogens (tertiary/aromatic N) is 1. The molecule has 2 N–H and O–H groups in total. The Bertz CT molecular complexity index is 363. The van der Waals surface area contributed by atoms with Crippen molar-refractivity contribution < 1.29 is 24.5 Å². The largest absolute Gasteiger partial charge is 0.481 e. The Kier molecular flexibility index (Phi) is 4.45. The van der Waals surface area contributed by atoms with Crippen molar-refractivity contribution in [2.24, 2.45) is 0 Å². The number of hydrogen-bond acceptors (Lipinski definition) is 4. The molecule has 2 atom stereocenters. The quantitative estimate of drug-likeness (QED) is 0.798. The Balaban J connectivity index is 2.76. The van der Waals surface area contributed by atoms with Crippen LogP contribution in [0.1, 0.15) is 47.0 Å². The van der Waals surface area contributed by atoms with Crippen LogP contribution < -0.4 is 0 Å². The summed E-state index contributed by atoms with van der Waals surface area (Å²) in [6, 6.07) is -0.0658. The van der Waals surface area contributed by atoms with Crippen molar-refractivity contribution in [2.45, 2.75) is 64.2 Å². The number of amides is 1. The molecule has 2 unspecified atom stereocenters. The molecule has 0 aromatic rings. The van der Waals surface area contributed by atoms with Crippen molar-refractivity contribution in [3.8, 4) is 0 Å². The number of β-amino-alcohol motifs (C(OH)–C–C–N with tert-alkyl or cyclic N) is 1. The van der Waals surface area contributed by atoms with Gasteiger partial charge in [-0.1, -0.05) is 0 Å². The van der Waals surface area contributed by atoms with Gasteiger partial charge < -0.3 is 19.8 Å². The summed E-state index contributed by atoms with van der Waals surface area (Å²) in [5.41, 5.74) is -1.98. The third-order valence-electron chi connectivity index (χ3n) is 3.13. The lowest BCUT2D eigenvalue weighted by Crippen LogP contribution is -2.55. The van der Waals surface area contributed by atoms with E-state index >= 15 is 0 Å². The van der Waals surface area contributed by atoms with Gasteiger partial charge in [-0.2, -0.15) is 0 Å². The number of aliphatic hydroxyl groups is 1. The van der Waals surface area contributed by atoms with E-state index in [1.807, 2.05) is 6.92 Å². The average molecular weight is 273 g/mol. The minimum absolute atomic E-state index is 0.00458. The van der Waals surface area contributed by atoms with Gasteiger partial charge in [0.25, 0.3) is 0 Å². The number of hydrogen-bond donors (Lipinski definition) is 2. The van der Waals surface area contributed by atoms with Crippen molar-refractivity contribution in [2.75, 3.05) is 6.54 Å². The fourth-order valence-electron chi connectivity index (χ4n) is 2.18. The maximum atomic E-state index is 12.0. The summed E-state index contributed by atoms with van der Waals surface area (Å²) in [6.45, 7) is 7.16. The summed E-state index contributed by atoms with van der Waals surface area (Å²) in [5, 5.41) is 19.1. The van der Waals surface area contributed by atoms with E-state index in [1.165, 1.54) is 4.90 Å². The molecule has 0 aromatic heterocycles. The van der Waals surface area contributed by atoms with Crippen LogP contribution in [0, 0.1) is 0 Å². The predicted octanol–water partition coefficient (Wildman–Crippen LogP) is 1.61. The second kappa shape index (κ2) is 5.36. The van der Waals surface area contributed by atoms with Gasteiger partial charge in [0.15, 0.2) is 0 Å². The Morgan fingerprint density at radius 2 is 2.00 bits per heavy atom. The van der Waals surface area contributed by atoms with Crippen molar-refractivity contribution in [1.82, 2.24) is 4.90 Å². The van der Waals surface area contributed by atoms with Gasteiger partial charge in [-0.25, -0.2) is 4.79 Å². The molecule has 1 saturated heterocycles. The molecule has 1 heterocycles. The first-order chi connectivity index (χ1) is 8.52. The van der Waals surface area contributed by atoms with Crippen LogP contribution in [0.15, 0.2) is 0 Å². The summed E-state index contributed by atoms with van der Waals surface area (Å²) in [5.74, 6) is -1.07. The van der Waals surface area contributed by atoms with Gasteiger partial charge >= 0.3 is 12.1 Å². The first-order valence-electron chi connectivity index (χ1n) is 6.46. The molecule has 0 bridgehead atoms. The minimum Gasteiger partial charge on any atom is -0.481 e. The van der Waals surface area contributed by atoms with E-state index in [0.717, 1.165) is 0 Å². The first-order valence-corrected chi connectivity index (χ1v) is 6.46. The van der Waals surface area contributed by atoms with Crippen molar-refractivity contribution in [3.05, 3.63) is 0 Å². The van der Waals surface area contributed by atoms with Gasteiger partial charge in [0.1, 0.15) is 5.60 Å². The second-order valence-electron chi connectivity index (χ2n) is 6.29. The third-order valence-corrected chi connectivity index (χ3v) is 3.13. The smallest absolute Gasteiger partial charge is 0.410 e. The summed E-state index contributed by atoms with van der Waals surface area (Å²) in [6.07, 6.45) is 0.0606. The normalized spacial score (nSPS) is 28.1. The second-order valence-corrected chi connectivity index (χ2v) is 6.29. The van der Waals surface area contributed by atoms with Crippen LogP contribution in [-0.4, -0.2) is 51.0 Å². The van der Waals surface area contributed by atoms with Gasteiger partial charge in [-0.05, 0) is 40.5 Å². The Morgan fingerprint density at radius 1 is 1.42 bits per heavy atom. The van der Waals surface area contributed by atoms with Crippen LogP contribution in [0.5, 0.6) is 0 Å². The summed E-state index contributed by atoms with van der Waals surface area (Å²) in [7, 11) is 0. The number of carbonyl (C=O) groups is 2. The van der Waals surface area contributed by atoms with Gasteiger partial charge in [-0.15, -0.1) is 0 Å². The fraction of sp³-hybridized carbons (Fsp3) is 0.846. The molecule has 6 nitrogen and oxygen atoms in total. The van der Waals surface area contributed by atoms with Crippen LogP contribution in [-0.2, 0) is 9.53 Å². The molecular formula is C13H23NO5. The maximum Gasteiger partial charge on any atom is 0.410 e. The number of carbonyl (C=O) groups excluding carboxylic acids is 1. The van der Waals surface area contributed by atoms with Crippen LogP contribution in [0.25, 0.3) is 0 Å². The van der Waals surface area contributed by atoms with Crippen LogP contribution >= 0.6 is 0 Å². The topological polar surface area (TPSA) is 87.1 Å². The van der Waals surface area contributed by atoms with Gasteiger partial charge in [0, 0.05) is 6.04 Å². The van der Waals surface area contributed by atoms with Gasteiger partial charge in [0.05, 0.1) is 18.6 Å². The number of ether oxygens (including phenoxy) is 1. The zero-order valence-electron chi connectivity index (χ0n) is 12.0. The molecule has 0 radical (unpaired) electrons. The lowest BCUT2D eigenvalue weighted by atomic mass is 9.87. The summed E-state index contributed by atoms with van der Waals surface area (Å²) >= 11 is 0. The highest BCUT2D eigenvalue weighted by molar-refractivity contribution is 5.70. The summed E-state index contributed by atoms with van der Waals surface area (Å²) < 4.78 is 5.27. The first kappa shape index (κ1) is 15.8. The number of carboxylic acids is 1. The zero-order valence-corrected chi connectivity index (χ0v) is 12.0. The monoisotopic (exact) mass is 273 g/mol. The number of piperidine rings is 1. The number of rotatable bonds is 2. The minimum atomic E-state index is -1.37. The standard InChI is InChI=1S/C13H23NO5/c1-9-5-6-13(18,7-10(15)16)8-14(9)11(17)19-12(2,3)4/h9,18H,5-8H2,1-4H3,(H,15,16). The molecule has 0 aliphatic carbocycles. The predicted molar refractivity (Wildman–Crippen MR) is 68.8 cm³/mol. The average Bonchev–Trinajstić information content (AvgIpc) is 2.18. The SMILES string of the molecule is CC1CCC(O)(CC(=O)O)CN1C(=O)OC(C)(C)C. The van der Waals surface area contributed by atoms with E-state index in [2.05, 4.69) is 0 Å². The molecule has 19 heavy (non-hydrogen) atoms. The van der Waals surface area contributed by atoms with E-state index in [4.69, 9.17) is 9.84 Å². The van der Waals surface area contributed by atoms with Crippen LogP contribution in [0.2, 0.25) is 0 Å². The molecule has 0 spiro atoms. The Hall–Kier alpha value is -1.30. The number of carboxylic acid groups (broad SMARTS) is 1. The highest BCUT2D eigenvalue weighted by Gasteiger charge is 2.41. The molecular weight excluding hydrogens is 250 g/mol. The highest BCUT2D eigenvalue weighted by Crippen LogP contribution is 2.29. The molecule has 0 aromatic carbocycles. The molecule has 1 amide bonds. The Morgan fingerprint density at radius 3 is 2.47 bits per heavy atom. The molecule has 1 fully saturated rings. The number of likely N-dealkylation sites (tertiary alicyclic amines) is 1. The molecule has 110 valence electrons. The zero-order chi connectivity index (χ0) is 14.8. The summed E-state index contributed by atoms with van der Waals surface area (Å²) in [4.78, 5) is 24.2. The van der Waals surface area contributed by atoms with Crippen LogP contribution in [0.3, 0.4) is 0 Å². The van der Waals surface area contributed by atoms with Crippen molar-refractivity contribution >= 4 is 12.1 Å².